The van der Waals surface area contributed by atoms with E-state index >= 15 is 0 Å². The Labute approximate surface area is 127 Å². The Morgan fingerprint density at radius 2 is 2.24 bits per heavy atom. The molecule has 0 fully saturated rings. The molecule has 1 heterocycles. The maximum Gasteiger partial charge on any atom is 0.408 e. The van der Waals surface area contributed by atoms with Gasteiger partial charge in [-0.25, -0.2) is 0 Å². The molecule has 0 spiro atoms. The van der Waals surface area contributed by atoms with Gasteiger partial charge in [0, 0.05) is 13.2 Å². The molecule has 0 saturated heterocycles. The molecule has 0 bridgehead atoms. The summed E-state index contributed by atoms with van der Waals surface area (Å²) in [4.78, 5) is 21.8. The van der Waals surface area contributed by atoms with Gasteiger partial charge in [0.05, 0.1) is 16.9 Å². The maximum absolute atomic E-state index is 11.7. The number of carbonyl (C=O) groups is 1. The van der Waals surface area contributed by atoms with E-state index in [2.05, 4.69) is 10.4 Å². The van der Waals surface area contributed by atoms with Gasteiger partial charge < -0.3 is 20.2 Å². The Morgan fingerprint density at radius 1 is 1.57 bits per heavy atom. The van der Waals surface area contributed by atoms with E-state index in [0.717, 1.165) is 0 Å². The van der Waals surface area contributed by atoms with E-state index in [0.29, 0.717) is 25.3 Å². The van der Waals surface area contributed by atoms with Crippen LogP contribution >= 0.6 is 11.6 Å². The smallest absolute Gasteiger partial charge is 0.379 e. The Morgan fingerprint density at radius 3 is 2.76 bits per heavy atom. The van der Waals surface area contributed by atoms with Crippen LogP contribution in [-0.2, 0) is 16.1 Å². The van der Waals surface area contributed by atoms with Crippen LogP contribution in [0.15, 0.2) is 0 Å². The lowest BCUT2D eigenvalue weighted by Gasteiger charge is -2.08. The summed E-state index contributed by atoms with van der Waals surface area (Å²) in [6.45, 7) is 6.39. The van der Waals surface area contributed by atoms with Crippen LogP contribution in [0, 0.1) is 17.0 Å². The number of ether oxygens (including phenoxy) is 1. The third kappa shape index (κ3) is 5.31. The maximum atomic E-state index is 11.7. The van der Waals surface area contributed by atoms with E-state index < -0.39 is 10.7 Å². The number of nitrogens with zero attached hydrogens (tertiary/aromatic N) is 3. The van der Waals surface area contributed by atoms with Gasteiger partial charge in [-0.15, -0.1) is 0 Å². The highest BCUT2D eigenvalue weighted by Gasteiger charge is 2.24. The summed E-state index contributed by atoms with van der Waals surface area (Å²) in [5.74, 6) is -0.719. The summed E-state index contributed by atoms with van der Waals surface area (Å²) in [6.07, 6.45) is 0.859. The molecule has 1 N–H and O–H groups in total. The van der Waals surface area contributed by atoms with Crippen LogP contribution in [0.2, 0.25) is 5.02 Å². The summed E-state index contributed by atoms with van der Waals surface area (Å²) >= 11 is 5.79. The number of carbonyl (C=O) groups excluding carboxylic acids is 1. The minimum atomic E-state index is -0.674. The van der Waals surface area contributed by atoms with Crippen molar-refractivity contribution in [1.29, 1.82) is 0 Å². The molecule has 0 atom stereocenters. The van der Waals surface area contributed by atoms with Gasteiger partial charge in [0.1, 0.15) is 6.54 Å². The second-order valence-electron chi connectivity index (χ2n) is 4.76. The molecule has 0 aliphatic rings. The van der Waals surface area contributed by atoms with Crippen LogP contribution in [0.3, 0.4) is 0 Å². The van der Waals surface area contributed by atoms with Crippen molar-refractivity contribution in [2.75, 3.05) is 13.2 Å². The van der Waals surface area contributed by atoms with Crippen molar-refractivity contribution in [3.63, 3.8) is 0 Å². The SMILES string of the molecule is Cc1c(Cl)c([N+](=O)[O-])nn1CC(=O)NCCCOC(C)C. The number of nitro groups is 1. The first-order valence-electron chi connectivity index (χ1n) is 6.58. The zero-order valence-corrected chi connectivity index (χ0v) is 13.0. The van der Waals surface area contributed by atoms with Gasteiger partial charge in [-0.3, -0.25) is 4.79 Å². The molecule has 1 rings (SSSR count). The van der Waals surface area contributed by atoms with Gasteiger partial charge in [-0.2, -0.15) is 4.68 Å². The number of amides is 1. The number of hydrogen-bond donors (Lipinski definition) is 1. The topological polar surface area (TPSA) is 99.3 Å². The van der Waals surface area contributed by atoms with Crippen molar-refractivity contribution in [3.8, 4) is 0 Å². The summed E-state index contributed by atoms with van der Waals surface area (Å²) in [5.41, 5.74) is 0.390. The van der Waals surface area contributed by atoms with E-state index in [1.807, 2.05) is 13.8 Å². The molecule has 1 aromatic rings. The fourth-order valence-corrected chi connectivity index (χ4v) is 1.79. The summed E-state index contributed by atoms with van der Waals surface area (Å²) in [7, 11) is 0. The summed E-state index contributed by atoms with van der Waals surface area (Å²) < 4.78 is 6.57. The van der Waals surface area contributed by atoms with Crippen molar-refractivity contribution in [2.24, 2.45) is 0 Å². The molecule has 1 amide bonds. The van der Waals surface area contributed by atoms with E-state index in [9.17, 15) is 14.9 Å². The Bertz CT molecular complexity index is 516. The van der Waals surface area contributed by atoms with Crippen LogP contribution in [0.5, 0.6) is 0 Å². The Hall–Kier alpha value is -1.67. The molecular formula is C12H19ClN4O4. The Kier molecular flexibility index (Phi) is 6.57. The monoisotopic (exact) mass is 318 g/mol. The normalized spacial score (nSPS) is 10.9. The standard InChI is InChI=1S/C12H19ClN4O4/c1-8(2)21-6-4-5-14-10(18)7-16-9(3)11(13)12(15-16)17(19)20/h8H,4-7H2,1-3H3,(H,14,18). The van der Waals surface area contributed by atoms with Gasteiger partial charge in [0.25, 0.3) is 0 Å². The summed E-state index contributed by atoms with van der Waals surface area (Å²) in [6, 6.07) is 0. The molecular weight excluding hydrogens is 300 g/mol. The third-order valence-corrected chi connectivity index (χ3v) is 3.12. The quantitative estimate of drug-likeness (QED) is 0.446. The second-order valence-corrected chi connectivity index (χ2v) is 5.14. The van der Waals surface area contributed by atoms with Gasteiger partial charge >= 0.3 is 5.82 Å². The second kappa shape index (κ2) is 7.94. The summed E-state index contributed by atoms with van der Waals surface area (Å²) in [5, 5.41) is 17.1. The minimum Gasteiger partial charge on any atom is -0.379 e. The van der Waals surface area contributed by atoms with E-state index in [4.69, 9.17) is 16.3 Å². The van der Waals surface area contributed by atoms with Crippen molar-refractivity contribution in [3.05, 3.63) is 20.8 Å². The lowest BCUT2D eigenvalue weighted by Crippen LogP contribution is -2.29. The van der Waals surface area contributed by atoms with Crippen LogP contribution in [-0.4, -0.2) is 39.9 Å². The number of hydrogen-bond acceptors (Lipinski definition) is 5. The lowest BCUT2D eigenvalue weighted by molar-refractivity contribution is -0.389. The van der Waals surface area contributed by atoms with Crippen molar-refractivity contribution in [2.45, 2.75) is 39.8 Å². The highest BCUT2D eigenvalue weighted by molar-refractivity contribution is 6.33. The molecule has 1 aromatic heterocycles. The number of aromatic nitrogens is 2. The molecule has 0 aromatic carbocycles. The molecule has 21 heavy (non-hydrogen) atoms. The molecule has 0 saturated carbocycles. The molecule has 0 unspecified atom stereocenters. The molecule has 0 aliphatic heterocycles. The molecule has 9 heteroatoms. The number of halogens is 1. The zero-order chi connectivity index (χ0) is 16.0. The molecule has 118 valence electrons. The van der Waals surface area contributed by atoms with Crippen LogP contribution in [0.1, 0.15) is 26.0 Å². The molecule has 0 aliphatic carbocycles. The van der Waals surface area contributed by atoms with Crippen LogP contribution < -0.4 is 5.32 Å². The van der Waals surface area contributed by atoms with Gasteiger partial charge in [0.15, 0.2) is 5.02 Å². The predicted octanol–water partition coefficient (Wildman–Crippen LogP) is 1.68. The van der Waals surface area contributed by atoms with E-state index in [1.54, 1.807) is 6.92 Å². The minimum absolute atomic E-state index is 0.0434. The van der Waals surface area contributed by atoms with Gasteiger partial charge in [0.2, 0.25) is 5.91 Å². The highest BCUT2D eigenvalue weighted by atomic mass is 35.5. The van der Waals surface area contributed by atoms with E-state index in [1.165, 1.54) is 4.68 Å². The third-order valence-electron chi connectivity index (χ3n) is 2.68. The lowest BCUT2D eigenvalue weighted by atomic mass is 10.4. The van der Waals surface area contributed by atoms with Crippen LogP contribution in [0.25, 0.3) is 0 Å². The van der Waals surface area contributed by atoms with E-state index in [-0.39, 0.29) is 23.6 Å². The fraction of sp³-hybridized carbons (Fsp3) is 0.667. The van der Waals surface area contributed by atoms with Crippen LogP contribution in [0.4, 0.5) is 5.82 Å². The van der Waals surface area contributed by atoms with Crippen molar-refractivity contribution >= 4 is 23.3 Å². The van der Waals surface area contributed by atoms with Gasteiger partial charge in [-0.1, -0.05) is 11.6 Å². The van der Waals surface area contributed by atoms with Crippen molar-refractivity contribution in [1.82, 2.24) is 15.1 Å². The largest absolute Gasteiger partial charge is 0.408 e. The average molecular weight is 319 g/mol. The number of rotatable bonds is 8. The Balaban J connectivity index is 2.45. The van der Waals surface area contributed by atoms with Gasteiger partial charge in [-0.05, 0) is 32.1 Å². The molecule has 0 radical (unpaired) electrons. The average Bonchev–Trinajstić information content (AvgIpc) is 2.66. The highest BCUT2D eigenvalue weighted by Crippen LogP contribution is 2.26. The first-order valence-corrected chi connectivity index (χ1v) is 6.96. The molecule has 8 nitrogen and oxygen atoms in total. The first-order chi connectivity index (χ1) is 9.82. The predicted molar refractivity (Wildman–Crippen MR) is 77.3 cm³/mol. The van der Waals surface area contributed by atoms with Crippen molar-refractivity contribution < 1.29 is 14.5 Å². The fourth-order valence-electron chi connectivity index (χ4n) is 1.59. The number of nitrogens with one attached hydrogen (secondary N) is 1. The first kappa shape index (κ1) is 17.4. The zero-order valence-electron chi connectivity index (χ0n) is 12.3.